The Bertz CT molecular complexity index is 920. The molecule has 138 valence electrons. The van der Waals surface area contributed by atoms with Crippen LogP contribution >= 0.6 is 0 Å². The molecule has 1 saturated heterocycles. The Labute approximate surface area is 152 Å². The number of amides is 3. The zero-order chi connectivity index (χ0) is 18.6. The van der Waals surface area contributed by atoms with Gasteiger partial charge in [-0.3, -0.25) is 9.69 Å². The van der Waals surface area contributed by atoms with Crippen LogP contribution < -0.4 is 5.32 Å². The maximum absolute atomic E-state index is 13.1. The maximum Gasteiger partial charge on any atom is 0.322 e. The summed E-state index contributed by atoms with van der Waals surface area (Å²) in [5.74, 6) is -0.0698. The molecule has 0 aromatic heterocycles. The number of nitrogens with zero attached hydrogens (tertiary/aromatic N) is 2. The quantitative estimate of drug-likeness (QED) is 0.835. The largest absolute Gasteiger partial charge is 0.329 e. The first-order valence-electron chi connectivity index (χ1n) is 8.62. The van der Waals surface area contributed by atoms with E-state index in [1.54, 1.807) is 11.9 Å². The van der Waals surface area contributed by atoms with Crippen LogP contribution in [0.1, 0.15) is 23.6 Å². The highest BCUT2D eigenvalue weighted by atomic mass is 32.2. The SMILES string of the molecule is Cc1ccc([C@H]2NC(=O)N(C)C3=C2C(=O)N([C@H]2CCS(=O)(=O)C2)C3)cc1. The highest BCUT2D eigenvalue weighted by Gasteiger charge is 2.46. The molecule has 1 aromatic rings. The summed E-state index contributed by atoms with van der Waals surface area (Å²) in [6.07, 6.45) is 0.453. The molecular weight excluding hydrogens is 354 g/mol. The number of hydrogen-bond acceptors (Lipinski definition) is 4. The van der Waals surface area contributed by atoms with Crippen molar-refractivity contribution in [2.24, 2.45) is 0 Å². The molecule has 3 amide bonds. The molecule has 7 nitrogen and oxygen atoms in total. The lowest BCUT2D eigenvalue weighted by atomic mass is 9.95. The van der Waals surface area contributed by atoms with Gasteiger partial charge in [0.1, 0.15) is 0 Å². The summed E-state index contributed by atoms with van der Waals surface area (Å²) in [6.45, 7) is 2.26. The fourth-order valence-electron chi connectivity index (χ4n) is 3.91. The molecule has 8 heteroatoms. The number of benzene rings is 1. The highest BCUT2D eigenvalue weighted by Crippen LogP contribution is 2.37. The molecule has 3 heterocycles. The fraction of sp³-hybridized carbons (Fsp3) is 0.444. The summed E-state index contributed by atoms with van der Waals surface area (Å²) in [5, 5.41) is 2.89. The van der Waals surface area contributed by atoms with Gasteiger partial charge in [-0.15, -0.1) is 0 Å². The minimum Gasteiger partial charge on any atom is -0.329 e. The predicted octanol–water partition coefficient (Wildman–Crippen LogP) is 0.975. The maximum atomic E-state index is 13.1. The molecule has 26 heavy (non-hydrogen) atoms. The van der Waals surface area contributed by atoms with Crippen LogP contribution in [0.25, 0.3) is 0 Å². The average Bonchev–Trinajstić information content (AvgIpc) is 3.12. The van der Waals surface area contributed by atoms with Gasteiger partial charge < -0.3 is 10.2 Å². The number of urea groups is 1. The van der Waals surface area contributed by atoms with Gasteiger partial charge >= 0.3 is 6.03 Å². The number of likely N-dealkylation sites (N-methyl/N-ethyl adjacent to an activating group) is 1. The second-order valence-electron chi connectivity index (χ2n) is 7.20. The van der Waals surface area contributed by atoms with Crippen molar-refractivity contribution in [1.29, 1.82) is 0 Å². The molecule has 0 bridgehead atoms. The Morgan fingerprint density at radius 1 is 1.15 bits per heavy atom. The second kappa shape index (κ2) is 5.84. The van der Waals surface area contributed by atoms with Gasteiger partial charge in [0, 0.05) is 13.1 Å². The number of nitrogens with one attached hydrogen (secondary N) is 1. The van der Waals surface area contributed by atoms with Gasteiger partial charge in [-0.1, -0.05) is 29.8 Å². The van der Waals surface area contributed by atoms with Gasteiger partial charge in [-0.25, -0.2) is 13.2 Å². The van der Waals surface area contributed by atoms with Crippen LogP contribution in [0.4, 0.5) is 4.79 Å². The number of aryl methyl sites for hydroxylation is 1. The van der Waals surface area contributed by atoms with Crippen molar-refractivity contribution >= 4 is 21.8 Å². The van der Waals surface area contributed by atoms with Gasteiger partial charge in [0.15, 0.2) is 9.84 Å². The van der Waals surface area contributed by atoms with E-state index < -0.39 is 15.9 Å². The number of carbonyl (C=O) groups excluding carboxylic acids is 2. The van der Waals surface area contributed by atoms with E-state index in [0.29, 0.717) is 17.7 Å². The highest BCUT2D eigenvalue weighted by molar-refractivity contribution is 7.91. The van der Waals surface area contributed by atoms with Gasteiger partial charge in [-0.2, -0.15) is 0 Å². The zero-order valence-corrected chi connectivity index (χ0v) is 15.5. The summed E-state index contributed by atoms with van der Waals surface area (Å²) < 4.78 is 23.6. The van der Waals surface area contributed by atoms with Crippen molar-refractivity contribution in [2.45, 2.75) is 25.4 Å². The third-order valence-electron chi connectivity index (χ3n) is 5.45. The van der Waals surface area contributed by atoms with Crippen molar-refractivity contribution in [3.05, 3.63) is 46.7 Å². The fourth-order valence-corrected chi connectivity index (χ4v) is 5.64. The minimum atomic E-state index is -3.09. The number of rotatable bonds is 2. The first kappa shape index (κ1) is 17.1. The van der Waals surface area contributed by atoms with E-state index in [0.717, 1.165) is 11.1 Å². The van der Waals surface area contributed by atoms with Gasteiger partial charge in [0.2, 0.25) is 0 Å². The summed E-state index contributed by atoms with van der Waals surface area (Å²) in [5.41, 5.74) is 3.14. The normalized spacial score (nSPS) is 27.8. The Kier molecular flexibility index (Phi) is 3.83. The molecule has 0 spiro atoms. The van der Waals surface area contributed by atoms with Crippen LogP contribution in [0, 0.1) is 6.92 Å². The Hall–Kier alpha value is -2.35. The molecule has 0 radical (unpaired) electrons. The van der Waals surface area contributed by atoms with Crippen molar-refractivity contribution in [3.8, 4) is 0 Å². The first-order valence-corrected chi connectivity index (χ1v) is 10.4. The lowest BCUT2D eigenvalue weighted by molar-refractivity contribution is -0.127. The summed E-state index contributed by atoms with van der Waals surface area (Å²) in [4.78, 5) is 28.6. The molecule has 1 fully saturated rings. The van der Waals surface area contributed by atoms with Crippen LogP contribution in [-0.4, -0.2) is 61.3 Å². The number of sulfone groups is 1. The molecule has 3 aliphatic heterocycles. The molecule has 0 unspecified atom stereocenters. The lowest BCUT2D eigenvalue weighted by Gasteiger charge is -2.31. The van der Waals surface area contributed by atoms with E-state index in [-0.39, 0.29) is 36.0 Å². The van der Waals surface area contributed by atoms with Gasteiger partial charge in [0.25, 0.3) is 5.91 Å². The van der Waals surface area contributed by atoms with Crippen LogP contribution in [0.5, 0.6) is 0 Å². The van der Waals surface area contributed by atoms with Crippen molar-refractivity contribution in [1.82, 2.24) is 15.1 Å². The zero-order valence-electron chi connectivity index (χ0n) is 14.7. The lowest BCUT2D eigenvalue weighted by Crippen LogP contribution is -2.45. The molecule has 2 atom stereocenters. The van der Waals surface area contributed by atoms with Crippen LogP contribution in [0.3, 0.4) is 0 Å². The van der Waals surface area contributed by atoms with Crippen LogP contribution in [-0.2, 0) is 14.6 Å². The summed E-state index contributed by atoms with van der Waals surface area (Å²) in [6, 6.07) is 6.62. The molecule has 0 saturated carbocycles. The first-order chi connectivity index (χ1) is 12.3. The van der Waals surface area contributed by atoms with Crippen molar-refractivity contribution in [2.75, 3.05) is 25.1 Å². The minimum absolute atomic E-state index is 0.000409. The third-order valence-corrected chi connectivity index (χ3v) is 7.20. The third kappa shape index (κ3) is 2.68. The van der Waals surface area contributed by atoms with E-state index in [1.165, 1.54) is 4.90 Å². The summed E-state index contributed by atoms with van der Waals surface area (Å²) in [7, 11) is -1.46. The van der Waals surface area contributed by atoms with E-state index in [4.69, 9.17) is 0 Å². The molecular formula is C18H21N3O4S. The smallest absolute Gasteiger partial charge is 0.322 e. The predicted molar refractivity (Wildman–Crippen MR) is 96.0 cm³/mol. The van der Waals surface area contributed by atoms with E-state index in [1.807, 2.05) is 31.2 Å². The standard InChI is InChI=1S/C18H21N3O4S/c1-11-3-5-12(6-4-11)16-15-14(20(2)18(23)19-16)9-21(17(15)22)13-7-8-26(24,25)10-13/h3-6,13,16H,7-10H2,1-2H3,(H,19,23)/t13-,16+/m0/s1. The van der Waals surface area contributed by atoms with Crippen LogP contribution in [0.2, 0.25) is 0 Å². The monoisotopic (exact) mass is 375 g/mol. The molecule has 0 aliphatic carbocycles. The van der Waals surface area contributed by atoms with E-state index in [9.17, 15) is 18.0 Å². The average molecular weight is 375 g/mol. The van der Waals surface area contributed by atoms with Gasteiger partial charge in [0.05, 0.1) is 35.4 Å². The number of carbonyl (C=O) groups is 2. The number of hydrogen-bond donors (Lipinski definition) is 1. The van der Waals surface area contributed by atoms with Crippen molar-refractivity contribution in [3.63, 3.8) is 0 Å². The summed E-state index contributed by atoms with van der Waals surface area (Å²) >= 11 is 0. The second-order valence-corrected chi connectivity index (χ2v) is 9.43. The molecule has 4 rings (SSSR count). The Morgan fingerprint density at radius 2 is 1.85 bits per heavy atom. The molecule has 3 aliphatic rings. The van der Waals surface area contributed by atoms with E-state index >= 15 is 0 Å². The molecule has 1 N–H and O–H groups in total. The van der Waals surface area contributed by atoms with Gasteiger partial charge in [-0.05, 0) is 18.9 Å². The molecule has 1 aromatic carbocycles. The van der Waals surface area contributed by atoms with Crippen molar-refractivity contribution < 1.29 is 18.0 Å². The van der Waals surface area contributed by atoms with E-state index in [2.05, 4.69) is 5.32 Å². The van der Waals surface area contributed by atoms with Crippen LogP contribution in [0.15, 0.2) is 35.5 Å². The topological polar surface area (TPSA) is 86.8 Å². The Morgan fingerprint density at radius 3 is 2.46 bits per heavy atom. The Balaban J connectivity index is 1.70.